The lowest BCUT2D eigenvalue weighted by atomic mass is 10.2. The van der Waals surface area contributed by atoms with Crippen LogP contribution in [0.5, 0.6) is 0 Å². The standard InChI is InChI=1S/C14H12N2O3S2/c17-11(13(19)15-8-5-6-20-7-8)12(18)14-16-9-3-1-2-4-10(9)21-14/h1-7,11-12,17-18H,(H,15,19). The summed E-state index contributed by atoms with van der Waals surface area (Å²) in [7, 11) is 0. The fraction of sp³-hybridized carbons (Fsp3) is 0.143. The number of nitrogens with zero attached hydrogens (tertiary/aromatic N) is 1. The van der Waals surface area contributed by atoms with E-state index in [1.165, 1.54) is 22.7 Å². The smallest absolute Gasteiger partial charge is 0.256 e. The van der Waals surface area contributed by atoms with Crippen LogP contribution in [-0.4, -0.2) is 27.2 Å². The maximum absolute atomic E-state index is 11.9. The van der Waals surface area contributed by atoms with Crippen LogP contribution in [0.2, 0.25) is 0 Å². The molecule has 1 aromatic carbocycles. The fourth-order valence-corrected chi connectivity index (χ4v) is 3.42. The summed E-state index contributed by atoms with van der Waals surface area (Å²) < 4.78 is 0.900. The van der Waals surface area contributed by atoms with Crippen molar-refractivity contribution in [2.24, 2.45) is 0 Å². The molecule has 5 nitrogen and oxygen atoms in total. The second-order valence-electron chi connectivity index (χ2n) is 4.41. The van der Waals surface area contributed by atoms with E-state index in [1.807, 2.05) is 29.6 Å². The molecule has 0 saturated carbocycles. The van der Waals surface area contributed by atoms with Crippen molar-refractivity contribution >= 4 is 44.5 Å². The van der Waals surface area contributed by atoms with Crippen LogP contribution >= 0.6 is 22.7 Å². The van der Waals surface area contributed by atoms with Crippen LogP contribution in [0.3, 0.4) is 0 Å². The Kier molecular flexibility index (Phi) is 3.98. The van der Waals surface area contributed by atoms with Crippen molar-refractivity contribution in [3.63, 3.8) is 0 Å². The largest absolute Gasteiger partial charge is 0.383 e. The number of aliphatic hydroxyl groups excluding tert-OH is 2. The SMILES string of the molecule is O=C(Nc1ccsc1)C(O)C(O)c1nc2ccccc2s1. The van der Waals surface area contributed by atoms with E-state index in [4.69, 9.17) is 0 Å². The Morgan fingerprint density at radius 2 is 2.05 bits per heavy atom. The first kappa shape index (κ1) is 14.2. The van der Waals surface area contributed by atoms with Gasteiger partial charge in [0.05, 0.1) is 15.9 Å². The molecular formula is C14H12N2O3S2. The molecule has 0 aliphatic rings. The number of para-hydroxylation sites is 1. The fourth-order valence-electron chi connectivity index (χ4n) is 1.85. The molecule has 108 valence electrons. The van der Waals surface area contributed by atoms with Crippen molar-refractivity contribution in [2.75, 3.05) is 5.32 Å². The minimum Gasteiger partial charge on any atom is -0.383 e. The van der Waals surface area contributed by atoms with Gasteiger partial charge in [-0.15, -0.1) is 11.3 Å². The molecule has 0 aliphatic heterocycles. The zero-order valence-electron chi connectivity index (χ0n) is 10.8. The van der Waals surface area contributed by atoms with Gasteiger partial charge in [0, 0.05) is 5.38 Å². The molecule has 0 radical (unpaired) electrons. The zero-order valence-corrected chi connectivity index (χ0v) is 12.4. The number of benzene rings is 1. The van der Waals surface area contributed by atoms with Crippen LogP contribution in [0.15, 0.2) is 41.1 Å². The number of anilines is 1. The van der Waals surface area contributed by atoms with Crippen molar-refractivity contribution < 1.29 is 15.0 Å². The van der Waals surface area contributed by atoms with Gasteiger partial charge < -0.3 is 15.5 Å². The molecule has 3 rings (SSSR count). The van der Waals surface area contributed by atoms with Gasteiger partial charge in [-0.05, 0) is 23.6 Å². The quantitative estimate of drug-likeness (QED) is 0.689. The monoisotopic (exact) mass is 320 g/mol. The summed E-state index contributed by atoms with van der Waals surface area (Å²) in [6.07, 6.45) is -2.91. The van der Waals surface area contributed by atoms with Crippen molar-refractivity contribution in [3.8, 4) is 0 Å². The van der Waals surface area contributed by atoms with E-state index in [2.05, 4.69) is 10.3 Å². The Morgan fingerprint density at radius 1 is 1.24 bits per heavy atom. The van der Waals surface area contributed by atoms with E-state index in [0.29, 0.717) is 10.7 Å². The first-order valence-electron chi connectivity index (χ1n) is 6.20. The zero-order chi connectivity index (χ0) is 14.8. The first-order valence-corrected chi connectivity index (χ1v) is 7.96. The number of hydrogen-bond donors (Lipinski definition) is 3. The summed E-state index contributed by atoms with van der Waals surface area (Å²) in [6, 6.07) is 9.13. The molecule has 1 amide bonds. The number of fused-ring (bicyclic) bond motifs is 1. The van der Waals surface area contributed by atoms with Crippen molar-refractivity contribution in [3.05, 3.63) is 46.1 Å². The van der Waals surface area contributed by atoms with Crippen molar-refractivity contribution in [1.82, 2.24) is 4.98 Å². The van der Waals surface area contributed by atoms with Gasteiger partial charge in [0.1, 0.15) is 11.1 Å². The van der Waals surface area contributed by atoms with Gasteiger partial charge in [-0.3, -0.25) is 4.79 Å². The third kappa shape index (κ3) is 2.96. The minimum absolute atomic E-state index is 0.323. The summed E-state index contributed by atoms with van der Waals surface area (Å²) in [5.74, 6) is -0.653. The maximum atomic E-state index is 11.9. The minimum atomic E-state index is -1.56. The number of aliphatic hydroxyl groups is 2. The third-order valence-electron chi connectivity index (χ3n) is 2.92. The Labute approximate surface area is 128 Å². The summed E-state index contributed by atoms with van der Waals surface area (Å²) >= 11 is 2.69. The highest BCUT2D eigenvalue weighted by Gasteiger charge is 2.28. The summed E-state index contributed by atoms with van der Waals surface area (Å²) in [4.78, 5) is 16.1. The second kappa shape index (κ2) is 5.90. The van der Waals surface area contributed by atoms with Crippen LogP contribution < -0.4 is 5.32 Å². The van der Waals surface area contributed by atoms with E-state index in [-0.39, 0.29) is 0 Å². The number of nitrogens with one attached hydrogen (secondary N) is 1. The highest BCUT2D eigenvalue weighted by atomic mass is 32.1. The summed E-state index contributed by atoms with van der Waals surface area (Å²) in [6.45, 7) is 0. The Hall–Kier alpha value is -1.80. The lowest BCUT2D eigenvalue weighted by molar-refractivity contribution is -0.129. The average molecular weight is 320 g/mol. The van der Waals surface area contributed by atoms with Gasteiger partial charge in [-0.2, -0.15) is 11.3 Å². The Bertz CT molecular complexity index is 722. The molecule has 3 N–H and O–H groups in total. The molecular weight excluding hydrogens is 308 g/mol. The van der Waals surface area contributed by atoms with Crippen LogP contribution in [0.25, 0.3) is 10.2 Å². The molecule has 2 unspecified atom stereocenters. The number of amides is 1. The average Bonchev–Trinajstić information content (AvgIpc) is 3.14. The molecule has 2 atom stereocenters. The molecule has 0 spiro atoms. The van der Waals surface area contributed by atoms with Crippen molar-refractivity contribution in [1.29, 1.82) is 0 Å². The number of carbonyl (C=O) groups excluding carboxylic acids is 1. The van der Waals surface area contributed by atoms with E-state index in [1.54, 1.807) is 11.4 Å². The maximum Gasteiger partial charge on any atom is 0.256 e. The number of thiophene rings is 1. The molecule has 0 saturated heterocycles. The lowest BCUT2D eigenvalue weighted by Gasteiger charge is -2.14. The van der Waals surface area contributed by atoms with Gasteiger partial charge in [0.25, 0.3) is 5.91 Å². The number of hydrogen-bond acceptors (Lipinski definition) is 6. The van der Waals surface area contributed by atoms with Crippen LogP contribution in [0.1, 0.15) is 11.1 Å². The highest BCUT2D eigenvalue weighted by Crippen LogP contribution is 2.28. The number of rotatable bonds is 4. The molecule has 2 aromatic heterocycles. The lowest BCUT2D eigenvalue weighted by Crippen LogP contribution is -2.33. The molecule has 0 bridgehead atoms. The van der Waals surface area contributed by atoms with Crippen molar-refractivity contribution in [2.45, 2.75) is 12.2 Å². The normalized spacial score (nSPS) is 14.0. The molecule has 7 heteroatoms. The third-order valence-corrected chi connectivity index (χ3v) is 4.71. The van der Waals surface area contributed by atoms with E-state index in [0.717, 1.165) is 10.2 Å². The molecule has 21 heavy (non-hydrogen) atoms. The highest BCUT2D eigenvalue weighted by molar-refractivity contribution is 7.18. The van der Waals surface area contributed by atoms with Crippen LogP contribution in [-0.2, 0) is 4.79 Å². The number of aromatic nitrogens is 1. The summed E-state index contributed by atoms with van der Waals surface area (Å²) in [5, 5.41) is 26.5. The van der Waals surface area contributed by atoms with E-state index >= 15 is 0 Å². The topological polar surface area (TPSA) is 82.5 Å². The number of carbonyl (C=O) groups is 1. The molecule has 3 aromatic rings. The first-order chi connectivity index (χ1) is 10.1. The molecule has 2 heterocycles. The second-order valence-corrected chi connectivity index (χ2v) is 6.25. The van der Waals surface area contributed by atoms with Crippen LogP contribution in [0.4, 0.5) is 5.69 Å². The molecule has 0 aliphatic carbocycles. The van der Waals surface area contributed by atoms with Crippen LogP contribution in [0, 0.1) is 0 Å². The predicted octanol–water partition coefficient (Wildman–Crippen LogP) is 2.39. The summed E-state index contributed by atoms with van der Waals surface area (Å²) in [5.41, 5.74) is 1.34. The van der Waals surface area contributed by atoms with Gasteiger partial charge >= 0.3 is 0 Å². The van der Waals surface area contributed by atoms with Gasteiger partial charge in [0.2, 0.25) is 0 Å². The van der Waals surface area contributed by atoms with E-state index in [9.17, 15) is 15.0 Å². The Balaban J connectivity index is 1.77. The Morgan fingerprint density at radius 3 is 2.76 bits per heavy atom. The van der Waals surface area contributed by atoms with Gasteiger partial charge in [-0.1, -0.05) is 12.1 Å². The van der Waals surface area contributed by atoms with Gasteiger partial charge in [-0.25, -0.2) is 4.98 Å². The van der Waals surface area contributed by atoms with E-state index < -0.39 is 18.1 Å². The van der Waals surface area contributed by atoms with Gasteiger partial charge in [0.15, 0.2) is 6.10 Å². The molecule has 0 fully saturated rings. The number of thiazole rings is 1. The predicted molar refractivity (Wildman–Crippen MR) is 83.5 cm³/mol.